The molecule has 1 unspecified atom stereocenters. The molecule has 19 heavy (non-hydrogen) atoms. The van der Waals surface area contributed by atoms with Gasteiger partial charge in [-0.2, -0.15) is 4.98 Å². The van der Waals surface area contributed by atoms with Gasteiger partial charge in [-0.05, 0) is 36.7 Å². The molecule has 0 bridgehead atoms. The summed E-state index contributed by atoms with van der Waals surface area (Å²) in [7, 11) is 1.64. The molecular formula is C14H19N3O2. The van der Waals surface area contributed by atoms with E-state index in [2.05, 4.69) is 17.1 Å². The van der Waals surface area contributed by atoms with E-state index in [1.54, 1.807) is 7.11 Å². The van der Waals surface area contributed by atoms with Crippen LogP contribution >= 0.6 is 0 Å². The Bertz CT molecular complexity index is 504. The number of ether oxygens (including phenoxy) is 1. The molecule has 0 amide bonds. The molecule has 0 aliphatic heterocycles. The molecule has 0 saturated heterocycles. The Balaban J connectivity index is 2.11. The fourth-order valence-corrected chi connectivity index (χ4v) is 1.84. The maximum Gasteiger partial charge on any atom is 0.227 e. The first-order chi connectivity index (χ1) is 9.26. The lowest BCUT2D eigenvalue weighted by Gasteiger charge is -2.07. The molecule has 1 aromatic carbocycles. The van der Waals surface area contributed by atoms with Crippen LogP contribution in [0.2, 0.25) is 0 Å². The highest BCUT2D eigenvalue weighted by Gasteiger charge is 2.13. The number of benzene rings is 1. The van der Waals surface area contributed by atoms with Gasteiger partial charge in [0.05, 0.1) is 7.11 Å². The largest absolute Gasteiger partial charge is 0.497 e. The maximum atomic E-state index is 5.68. The molecule has 102 valence electrons. The maximum absolute atomic E-state index is 5.68. The summed E-state index contributed by atoms with van der Waals surface area (Å²) >= 11 is 0. The second kappa shape index (κ2) is 6.33. The van der Waals surface area contributed by atoms with E-state index in [1.807, 2.05) is 24.3 Å². The second-order valence-electron chi connectivity index (χ2n) is 4.45. The first-order valence-electron chi connectivity index (χ1n) is 6.43. The smallest absolute Gasteiger partial charge is 0.227 e. The standard InChI is InChI=1S/C14H19N3O2/c1-3-10(9-15)8-13-16-14(17-19-13)11-4-6-12(18-2)7-5-11/h4-7,10H,3,8-9,15H2,1-2H3. The number of nitrogens with zero attached hydrogens (tertiary/aromatic N) is 2. The zero-order valence-corrected chi connectivity index (χ0v) is 11.3. The summed E-state index contributed by atoms with van der Waals surface area (Å²) in [4.78, 5) is 4.40. The minimum Gasteiger partial charge on any atom is -0.497 e. The molecule has 1 atom stereocenters. The van der Waals surface area contributed by atoms with Gasteiger partial charge in [0.2, 0.25) is 11.7 Å². The van der Waals surface area contributed by atoms with Crippen LogP contribution in [0.3, 0.4) is 0 Å². The molecule has 0 spiro atoms. The van der Waals surface area contributed by atoms with Gasteiger partial charge >= 0.3 is 0 Å². The van der Waals surface area contributed by atoms with E-state index >= 15 is 0 Å². The topological polar surface area (TPSA) is 74.2 Å². The zero-order valence-electron chi connectivity index (χ0n) is 11.3. The van der Waals surface area contributed by atoms with Gasteiger partial charge in [0.25, 0.3) is 0 Å². The first-order valence-corrected chi connectivity index (χ1v) is 6.43. The lowest BCUT2D eigenvalue weighted by molar-refractivity contribution is 0.350. The molecule has 2 rings (SSSR count). The summed E-state index contributed by atoms with van der Waals surface area (Å²) in [5, 5.41) is 4.00. The Morgan fingerprint density at radius 1 is 1.32 bits per heavy atom. The van der Waals surface area contributed by atoms with E-state index < -0.39 is 0 Å². The van der Waals surface area contributed by atoms with E-state index in [-0.39, 0.29) is 0 Å². The van der Waals surface area contributed by atoms with Gasteiger partial charge < -0.3 is 15.0 Å². The van der Waals surface area contributed by atoms with Crippen molar-refractivity contribution < 1.29 is 9.26 Å². The first kappa shape index (κ1) is 13.5. The summed E-state index contributed by atoms with van der Waals surface area (Å²) in [6, 6.07) is 7.57. The predicted octanol–water partition coefficient (Wildman–Crippen LogP) is 2.27. The molecule has 1 heterocycles. The normalized spacial score (nSPS) is 12.4. The van der Waals surface area contributed by atoms with E-state index in [0.717, 1.165) is 24.2 Å². The molecule has 0 aliphatic rings. The molecule has 0 aliphatic carbocycles. The summed E-state index contributed by atoms with van der Waals surface area (Å²) in [6.07, 6.45) is 1.74. The van der Waals surface area contributed by atoms with Gasteiger partial charge in [0.15, 0.2) is 0 Å². The summed E-state index contributed by atoms with van der Waals surface area (Å²) in [5.74, 6) is 2.44. The summed E-state index contributed by atoms with van der Waals surface area (Å²) in [5.41, 5.74) is 6.59. The van der Waals surface area contributed by atoms with Crippen LogP contribution in [-0.4, -0.2) is 23.8 Å². The van der Waals surface area contributed by atoms with Crippen LogP contribution in [0, 0.1) is 5.92 Å². The molecule has 1 aromatic heterocycles. The Hall–Kier alpha value is -1.88. The Morgan fingerprint density at radius 3 is 2.63 bits per heavy atom. The van der Waals surface area contributed by atoms with Crippen molar-refractivity contribution >= 4 is 0 Å². The van der Waals surface area contributed by atoms with Crippen molar-refractivity contribution in [3.8, 4) is 17.1 Å². The average Bonchev–Trinajstić information content (AvgIpc) is 2.93. The third-order valence-electron chi connectivity index (χ3n) is 3.19. The lowest BCUT2D eigenvalue weighted by atomic mass is 10.0. The number of hydrogen-bond donors (Lipinski definition) is 1. The van der Waals surface area contributed by atoms with Crippen LogP contribution in [0.25, 0.3) is 11.4 Å². The fourth-order valence-electron chi connectivity index (χ4n) is 1.84. The second-order valence-corrected chi connectivity index (χ2v) is 4.45. The van der Waals surface area contributed by atoms with Crippen LogP contribution < -0.4 is 10.5 Å². The predicted molar refractivity (Wildman–Crippen MR) is 72.8 cm³/mol. The van der Waals surface area contributed by atoms with Crippen LogP contribution in [0.15, 0.2) is 28.8 Å². The molecule has 2 aromatic rings. The highest BCUT2D eigenvalue weighted by Crippen LogP contribution is 2.20. The fraction of sp³-hybridized carbons (Fsp3) is 0.429. The van der Waals surface area contributed by atoms with Crippen molar-refractivity contribution in [1.29, 1.82) is 0 Å². The molecule has 5 heteroatoms. The number of aromatic nitrogens is 2. The minimum absolute atomic E-state index is 0.393. The van der Waals surface area contributed by atoms with Crippen LogP contribution in [0.5, 0.6) is 5.75 Å². The zero-order chi connectivity index (χ0) is 13.7. The van der Waals surface area contributed by atoms with E-state index in [9.17, 15) is 0 Å². The third-order valence-corrected chi connectivity index (χ3v) is 3.19. The highest BCUT2D eigenvalue weighted by atomic mass is 16.5. The van der Waals surface area contributed by atoms with Crippen molar-refractivity contribution in [2.24, 2.45) is 11.7 Å². The van der Waals surface area contributed by atoms with Crippen LogP contribution in [-0.2, 0) is 6.42 Å². The van der Waals surface area contributed by atoms with Crippen LogP contribution in [0.4, 0.5) is 0 Å². The van der Waals surface area contributed by atoms with Gasteiger partial charge in [-0.25, -0.2) is 0 Å². The van der Waals surface area contributed by atoms with Crippen molar-refractivity contribution in [1.82, 2.24) is 10.1 Å². The van der Waals surface area contributed by atoms with Gasteiger partial charge in [-0.15, -0.1) is 0 Å². The highest BCUT2D eigenvalue weighted by molar-refractivity contribution is 5.55. The summed E-state index contributed by atoms with van der Waals surface area (Å²) < 4.78 is 10.4. The van der Waals surface area contributed by atoms with Gasteiger partial charge in [0.1, 0.15) is 5.75 Å². The Kier molecular flexibility index (Phi) is 4.52. The van der Waals surface area contributed by atoms with Gasteiger partial charge in [-0.1, -0.05) is 18.5 Å². The summed E-state index contributed by atoms with van der Waals surface area (Å²) in [6.45, 7) is 2.75. The Morgan fingerprint density at radius 2 is 2.05 bits per heavy atom. The van der Waals surface area contributed by atoms with Crippen LogP contribution in [0.1, 0.15) is 19.2 Å². The average molecular weight is 261 g/mol. The molecule has 0 fully saturated rings. The molecular weight excluding hydrogens is 242 g/mol. The van der Waals surface area contributed by atoms with Crippen molar-refractivity contribution in [3.63, 3.8) is 0 Å². The van der Waals surface area contributed by atoms with E-state index in [4.69, 9.17) is 15.0 Å². The molecule has 2 N–H and O–H groups in total. The molecule has 0 radical (unpaired) electrons. The Labute approximate surface area is 112 Å². The lowest BCUT2D eigenvalue weighted by Crippen LogP contribution is -2.15. The quantitative estimate of drug-likeness (QED) is 0.863. The third kappa shape index (κ3) is 3.32. The molecule has 0 saturated carbocycles. The number of methoxy groups -OCH3 is 1. The number of rotatable bonds is 6. The van der Waals surface area contributed by atoms with Crippen molar-refractivity contribution in [2.75, 3.05) is 13.7 Å². The number of hydrogen-bond acceptors (Lipinski definition) is 5. The van der Waals surface area contributed by atoms with Gasteiger partial charge in [0, 0.05) is 12.0 Å². The van der Waals surface area contributed by atoms with E-state index in [1.165, 1.54) is 0 Å². The minimum atomic E-state index is 0.393. The SMILES string of the molecule is CCC(CN)Cc1nc(-c2ccc(OC)cc2)no1. The van der Waals surface area contributed by atoms with Crippen molar-refractivity contribution in [2.45, 2.75) is 19.8 Å². The van der Waals surface area contributed by atoms with Crippen molar-refractivity contribution in [3.05, 3.63) is 30.2 Å². The molecule has 5 nitrogen and oxygen atoms in total. The van der Waals surface area contributed by atoms with Gasteiger partial charge in [-0.3, -0.25) is 0 Å². The monoisotopic (exact) mass is 261 g/mol. The van der Waals surface area contributed by atoms with E-state index in [0.29, 0.717) is 24.2 Å². The number of nitrogens with two attached hydrogens (primary N) is 1.